The average Bonchev–Trinajstić information content (AvgIpc) is 2.93. The fourth-order valence-electron chi connectivity index (χ4n) is 6.66. The van der Waals surface area contributed by atoms with Crippen molar-refractivity contribution in [1.29, 1.82) is 0 Å². The first-order chi connectivity index (χ1) is 20.2. The zero-order chi connectivity index (χ0) is 32.0. The van der Waals surface area contributed by atoms with Gasteiger partial charge < -0.3 is 35.7 Å². The normalized spacial score (nSPS) is 28.5. The summed E-state index contributed by atoms with van der Waals surface area (Å²) < 4.78 is 0. The Hall–Kier alpha value is -4.05. The molecule has 1 fully saturated rings. The third-order valence-corrected chi connectivity index (χ3v) is 8.58. The Labute approximate surface area is 246 Å². The maximum atomic E-state index is 14.1. The summed E-state index contributed by atoms with van der Waals surface area (Å²) in [6.07, 6.45) is -1.05. The number of aliphatic hydroxyl groups excluding tert-OH is 3. The highest BCUT2D eigenvalue weighted by atomic mass is 16.9. The lowest BCUT2D eigenvalue weighted by Gasteiger charge is -2.53. The smallest absolute Gasteiger partial charge is 0.294 e. The summed E-state index contributed by atoms with van der Waals surface area (Å²) >= 11 is 0. The van der Waals surface area contributed by atoms with Gasteiger partial charge in [-0.1, -0.05) is 26.0 Å². The molecule has 6 atom stereocenters. The number of likely N-dealkylation sites (N-methyl/N-ethyl adjacent to an activating group) is 1. The van der Waals surface area contributed by atoms with Gasteiger partial charge in [-0.3, -0.25) is 24.2 Å². The molecule has 1 aromatic carbocycles. The lowest BCUT2D eigenvalue weighted by atomic mass is 9.54. The molecular formula is C28H36N4O11. The van der Waals surface area contributed by atoms with E-state index in [0.717, 1.165) is 0 Å². The molecular weight excluding hydrogens is 568 g/mol. The number of Topliss-reactive ketones (excluding diaryl/α,β-unsaturated/α-hetero) is 2. The summed E-state index contributed by atoms with van der Waals surface area (Å²) in [5.41, 5.74) is -3.95. The van der Waals surface area contributed by atoms with E-state index >= 15 is 0 Å². The maximum Gasteiger partial charge on any atom is 0.294 e. The molecule has 1 saturated carbocycles. The molecule has 234 valence electrons. The van der Waals surface area contributed by atoms with Gasteiger partial charge in [-0.05, 0) is 44.6 Å². The van der Waals surface area contributed by atoms with Crippen LogP contribution in [0.4, 0.5) is 0 Å². The number of hydrogen-bond acceptors (Lipinski definition) is 13. The number of nitrogens with zero attached hydrogens (tertiary/aromatic N) is 3. The number of phenols is 1. The van der Waals surface area contributed by atoms with Crippen molar-refractivity contribution in [3.8, 4) is 5.75 Å². The summed E-state index contributed by atoms with van der Waals surface area (Å²) in [6.45, 7) is 3.43. The minimum absolute atomic E-state index is 0.0480. The number of amides is 1. The van der Waals surface area contributed by atoms with Gasteiger partial charge in [0, 0.05) is 18.0 Å². The van der Waals surface area contributed by atoms with Crippen LogP contribution in [0.5, 0.6) is 5.75 Å². The molecule has 1 aromatic rings. The number of carbonyl (C=O) groups excluding carboxylic acids is 3. The number of benzene rings is 1. The van der Waals surface area contributed by atoms with Gasteiger partial charge in [-0.25, -0.2) is 0 Å². The third kappa shape index (κ3) is 5.11. The molecule has 0 spiro atoms. The standard InChI is InChI=1S/C28H36N4O11/c1-5-9-31(10-11-43-32(41)42)12-29-27(39)19-24(36)21(30(3)4)20-23(35)16-13(2)14-7-6-8-15(33)17(14)22(34)18(16)25(37)28(20,40)26(19)38/h6-8,13,16,20-21,23,33-35,38,40H,5,9-12H2,1-4H3,(H,29,39)/t13-,16+,20+,21-,23-,28-/m0/s1. The summed E-state index contributed by atoms with van der Waals surface area (Å²) in [4.78, 5) is 59.0. The second-order valence-corrected chi connectivity index (χ2v) is 11.3. The number of ketones is 2. The first-order valence-corrected chi connectivity index (χ1v) is 13.8. The molecule has 0 radical (unpaired) electrons. The van der Waals surface area contributed by atoms with Crippen LogP contribution in [0.15, 0.2) is 35.1 Å². The highest BCUT2D eigenvalue weighted by Crippen LogP contribution is 2.56. The first kappa shape index (κ1) is 31.9. The predicted octanol–water partition coefficient (Wildman–Crippen LogP) is 0.00450. The summed E-state index contributed by atoms with van der Waals surface area (Å²) in [6, 6.07) is 3.02. The van der Waals surface area contributed by atoms with Gasteiger partial charge in [0.1, 0.15) is 29.4 Å². The Morgan fingerprint density at radius 3 is 2.47 bits per heavy atom. The number of fused-ring (bicyclic) bond motifs is 3. The molecule has 0 bridgehead atoms. The Bertz CT molecular complexity index is 1410. The van der Waals surface area contributed by atoms with E-state index in [1.807, 2.05) is 6.92 Å². The van der Waals surface area contributed by atoms with Gasteiger partial charge in [-0.2, -0.15) is 0 Å². The van der Waals surface area contributed by atoms with Crippen LogP contribution in [0.2, 0.25) is 0 Å². The SMILES string of the molecule is CCCN(CCO[N+](=O)[O-])CNC(=O)C1=C(O)[C@@]2(O)C(=O)C3=C(O)c4c(O)cccc4[C@H](C)[C@H]3[C@H](O)[C@H]2[C@H](N(C)C)C1=O. The zero-order valence-electron chi connectivity index (χ0n) is 24.2. The molecule has 4 rings (SSSR count). The monoisotopic (exact) mass is 604 g/mol. The minimum Gasteiger partial charge on any atom is -0.508 e. The van der Waals surface area contributed by atoms with Crippen LogP contribution < -0.4 is 5.32 Å². The van der Waals surface area contributed by atoms with Crippen molar-refractivity contribution < 1.29 is 49.8 Å². The van der Waals surface area contributed by atoms with Crippen LogP contribution in [0.1, 0.15) is 37.3 Å². The molecule has 15 heteroatoms. The number of rotatable bonds is 10. The molecule has 15 nitrogen and oxygen atoms in total. The predicted molar refractivity (Wildman–Crippen MR) is 149 cm³/mol. The molecule has 43 heavy (non-hydrogen) atoms. The van der Waals surface area contributed by atoms with Crippen molar-refractivity contribution in [2.24, 2.45) is 11.8 Å². The van der Waals surface area contributed by atoms with Crippen molar-refractivity contribution in [3.63, 3.8) is 0 Å². The quantitative estimate of drug-likeness (QED) is 0.0897. The van der Waals surface area contributed by atoms with E-state index in [1.165, 1.54) is 25.1 Å². The van der Waals surface area contributed by atoms with E-state index in [4.69, 9.17) is 0 Å². The topological polar surface area (TPSA) is 223 Å². The van der Waals surface area contributed by atoms with Gasteiger partial charge in [0.15, 0.2) is 11.4 Å². The molecule has 0 aromatic heterocycles. The molecule has 3 aliphatic carbocycles. The second kappa shape index (κ2) is 11.9. The number of hydrogen-bond donors (Lipinski definition) is 6. The summed E-state index contributed by atoms with van der Waals surface area (Å²) in [5.74, 6) is -8.97. The van der Waals surface area contributed by atoms with Crippen LogP contribution in [0.25, 0.3) is 5.76 Å². The number of phenolic OH excluding ortho intramolecular Hbond substituents is 1. The van der Waals surface area contributed by atoms with Crippen LogP contribution in [0, 0.1) is 22.0 Å². The molecule has 0 heterocycles. The van der Waals surface area contributed by atoms with E-state index in [1.54, 1.807) is 24.0 Å². The van der Waals surface area contributed by atoms with Gasteiger partial charge in [0.2, 0.25) is 5.78 Å². The van der Waals surface area contributed by atoms with Gasteiger partial charge in [0.05, 0.1) is 30.3 Å². The fraction of sp³-hybridized carbons (Fsp3) is 0.536. The Kier molecular flexibility index (Phi) is 8.83. The fourth-order valence-corrected chi connectivity index (χ4v) is 6.66. The van der Waals surface area contributed by atoms with E-state index in [0.29, 0.717) is 18.5 Å². The number of aromatic hydroxyl groups is 1. The summed E-state index contributed by atoms with van der Waals surface area (Å²) in [5, 5.41) is 68.7. The van der Waals surface area contributed by atoms with Crippen LogP contribution >= 0.6 is 0 Å². The van der Waals surface area contributed by atoms with Gasteiger partial charge in [-0.15, -0.1) is 10.1 Å². The molecule has 0 saturated heterocycles. The van der Waals surface area contributed by atoms with Gasteiger partial charge in [0.25, 0.3) is 11.0 Å². The zero-order valence-corrected chi connectivity index (χ0v) is 24.2. The van der Waals surface area contributed by atoms with E-state index in [-0.39, 0.29) is 31.1 Å². The average molecular weight is 605 g/mol. The highest BCUT2D eigenvalue weighted by Gasteiger charge is 2.68. The third-order valence-electron chi connectivity index (χ3n) is 8.58. The lowest BCUT2D eigenvalue weighted by molar-refractivity contribution is -0.757. The first-order valence-electron chi connectivity index (χ1n) is 13.8. The van der Waals surface area contributed by atoms with Crippen molar-refractivity contribution in [1.82, 2.24) is 15.1 Å². The molecule has 1 amide bonds. The Balaban J connectivity index is 1.78. The van der Waals surface area contributed by atoms with Crippen molar-refractivity contribution in [3.05, 3.63) is 56.3 Å². The van der Waals surface area contributed by atoms with E-state index in [2.05, 4.69) is 10.2 Å². The van der Waals surface area contributed by atoms with Crippen LogP contribution in [0.3, 0.4) is 0 Å². The number of nitrogens with one attached hydrogen (secondary N) is 1. The maximum absolute atomic E-state index is 14.1. The molecule has 0 unspecified atom stereocenters. The van der Waals surface area contributed by atoms with Crippen LogP contribution in [-0.2, 0) is 19.2 Å². The second-order valence-electron chi connectivity index (χ2n) is 11.3. The van der Waals surface area contributed by atoms with E-state index < -0.39 is 80.7 Å². The van der Waals surface area contributed by atoms with Crippen molar-refractivity contribution in [2.45, 2.75) is 43.9 Å². The molecule has 3 aliphatic rings. The summed E-state index contributed by atoms with van der Waals surface area (Å²) in [7, 11) is 2.91. The van der Waals surface area contributed by atoms with E-state index in [9.17, 15) is 50.0 Å². The number of aliphatic hydroxyl groups is 4. The highest BCUT2D eigenvalue weighted by molar-refractivity contribution is 6.25. The Morgan fingerprint density at radius 1 is 1.19 bits per heavy atom. The Morgan fingerprint density at radius 2 is 1.86 bits per heavy atom. The van der Waals surface area contributed by atoms with Crippen LogP contribution in [-0.4, -0.2) is 116 Å². The molecule has 6 N–H and O–H groups in total. The van der Waals surface area contributed by atoms with Crippen molar-refractivity contribution >= 4 is 23.2 Å². The lowest BCUT2D eigenvalue weighted by Crippen LogP contribution is -2.70. The largest absolute Gasteiger partial charge is 0.508 e. The molecule has 0 aliphatic heterocycles. The minimum atomic E-state index is -2.99. The van der Waals surface area contributed by atoms with Gasteiger partial charge >= 0.3 is 0 Å². The van der Waals surface area contributed by atoms with Crippen molar-refractivity contribution in [2.75, 3.05) is 40.5 Å². The number of carbonyl (C=O) groups is 3.